The summed E-state index contributed by atoms with van der Waals surface area (Å²) in [7, 11) is 0. The fraction of sp³-hybridized carbons (Fsp3) is 0.360. The van der Waals surface area contributed by atoms with Crippen LogP contribution in [0.3, 0.4) is 0 Å². The van der Waals surface area contributed by atoms with E-state index in [2.05, 4.69) is 20.3 Å². The highest BCUT2D eigenvalue weighted by atomic mass is 19.4. The van der Waals surface area contributed by atoms with E-state index in [1.54, 1.807) is 34.1 Å². The number of nitrogens with zero attached hydrogens (tertiary/aromatic N) is 4. The molecular weight excluding hydrogens is 530 g/mol. The predicted octanol–water partition coefficient (Wildman–Crippen LogP) is 4.31. The fourth-order valence-electron chi connectivity index (χ4n) is 4.95. The van der Waals surface area contributed by atoms with Gasteiger partial charge in [0, 0.05) is 49.5 Å². The molecule has 4 heterocycles. The number of fused-ring (bicyclic) bond motifs is 2. The first-order valence-electron chi connectivity index (χ1n) is 12.0. The lowest BCUT2D eigenvalue weighted by Gasteiger charge is -2.41. The molecule has 2 saturated heterocycles. The third kappa shape index (κ3) is 5.54. The SMILES string of the molecule is O=C(c1ccc(NCc2c[nH]c(=O)c(C(F)(F)F)c2)cc1)N1C2CCC1CN(c1ncc(C(F)(F)F)cn1)C2. The number of carbonyl (C=O) groups excluding carboxylic acids is 1. The highest BCUT2D eigenvalue weighted by molar-refractivity contribution is 5.95. The number of aromatic nitrogens is 3. The Morgan fingerprint density at radius 3 is 2.15 bits per heavy atom. The van der Waals surface area contributed by atoms with E-state index in [0.29, 0.717) is 24.3 Å². The van der Waals surface area contributed by atoms with Crippen molar-refractivity contribution in [2.24, 2.45) is 0 Å². The first-order valence-corrected chi connectivity index (χ1v) is 12.0. The van der Waals surface area contributed by atoms with Gasteiger partial charge in [-0.05, 0) is 48.7 Å². The fourth-order valence-corrected chi connectivity index (χ4v) is 4.95. The van der Waals surface area contributed by atoms with Crippen molar-refractivity contribution in [1.29, 1.82) is 0 Å². The Kier molecular flexibility index (Phi) is 6.72. The maximum atomic E-state index is 13.3. The van der Waals surface area contributed by atoms with Gasteiger partial charge in [0.15, 0.2) is 0 Å². The smallest absolute Gasteiger partial charge is 0.381 e. The van der Waals surface area contributed by atoms with Gasteiger partial charge in [-0.3, -0.25) is 9.59 Å². The number of halogens is 6. The minimum absolute atomic E-state index is 0.0191. The number of rotatable bonds is 5. The van der Waals surface area contributed by atoms with E-state index in [4.69, 9.17) is 0 Å². The number of pyridine rings is 1. The second-order valence-corrected chi connectivity index (χ2v) is 9.45. The number of carbonyl (C=O) groups is 1. The van der Waals surface area contributed by atoms with Crippen LogP contribution in [-0.2, 0) is 18.9 Å². The van der Waals surface area contributed by atoms with E-state index in [1.807, 2.05) is 0 Å². The lowest BCUT2D eigenvalue weighted by molar-refractivity contribution is -0.139. The molecular formula is C25H22F6N6O2. The Labute approximate surface area is 217 Å². The van der Waals surface area contributed by atoms with Crippen LogP contribution >= 0.6 is 0 Å². The number of aromatic amines is 1. The minimum atomic E-state index is -4.76. The number of amides is 1. The molecule has 2 bridgehead atoms. The van der Waals surface area contributed by atoms with Crippen LogP contribution in [-0.4, -0.2) is 50.9 Å². The van der Waals surface area contributed by atoms with Crippen molar-refractivity contribution < 1.29 is 31.1 Å². The van der Waals surface area contributed by atoms with E-state index in [0.717, 1.165) is 31.3 Å². The van der Waals surface area contributed by atoms with Crippen molar-refractivity contribution in [2.75, 3.05) is 23.3 Å². The normalized spacial score (nSPS) is 19.3. The van der Waals surface area contributed by atoms with Crippen LogP contribution in [0.15, 0.2) is 53.7 Å². The standard InChI is InChI=1S/C25H22F6N6O2/c26-24(27,28)16-10-34-23(35-11-16)36-12-18-5-6-19(13-36)37(18)22(39)15-1-3-17(4-2-15)32-8-14-7-20(25(29,30)31)21(38)33-9-14/h1-4,7,9-11,18-19,32H,5-6,8,12-13H2,(H,33,38). The van der Waals surface area contributed by atoms with Crippen LogP contribution in [0.1, 0.15) is 39.9 Å². The summed E-state index contributed by atoms with van der Waals surface area (Å²) in [5.74, 6) is 0.00441. The summed E-state index contributed by atoms with van der Waals surface area (Å²) in [4.78, 5) is 38.2. The van der Waals surface area contributed by atoms with Crippen LogP contribution in [0.25, 0.3) is 0 Å². The van der Waals surface area contributed by atoms with Gasteiger partial charge in [0.2, 0.25) is 5.95 Å². The maximum absolute atomic E-state index is 13.3. The second kappa shape index (κ2) is 9.89. The lowest BCUT2D eigenvalue weighted by Crippen LogP contribution is -2.56. The molecule has 2 N–H and O–H groups in total. The summed E-state index contributed by atoms with van der Waals surface area (Å²) in [5.41, 5.74) is -2.18. The lowest BCUT2D eigenvalue weighted by atomic mass is 10.1. The zero-order chi connectivity index (χ0) is 27.9. The van der Waals surface area contributed by atoms with Crippen LogP contribution in [0.2, 0.25) is 0 Å². The van der Waals surface area contributed by atoms with E-state index in [9.17, 15) is 35.9 Å². The molecule has 14 heteroatoms. The number of hydrogen-bond acceptors (Lipinski definition) is 6. The molecule has 0 aliphatic carbocycles. The number of benzene rings is 1. The molecule has 39 heavy (non-hydrogen) atoms. The molecule has 0 saturated carbocycles. The molecule has 2 aromatic heterocycles. The third-order valence-corrected chi connectivity index (χ3v) is 6.86. The molecule has 3 aromatic rings. The summed E-state index contributed by atoms with van der Waals surface area (Å²) < 4.78 is 77.3. The molecule has 2 aliphatic heterocycles. The average Bonchev–Trinajstić information content (AvgIpc) is 3.15. The molecule has 0 radical (unpaired) electrons. The summed E-state index contributed by atoms with van der Waals surface area (Å²) >= 11 is 0. The number of anilines is 2. The van der Waals surface area contributed by atoms with Crippen LogP contribution in [0, 0.1) is 0 Å². The zero-order valence-electron chi connectivity index (χ0n) is 20.2. The van der Waals surface area contributed by atoms with E-state index in [-0.39, 0.29) is 36.0 Å². The second-order valence-electron chi connectivity index (χ2n) is 9.45. The Morgan fingerprint density at radius 2 is 1.59 bits per heavy atom. The van der Waals surface area contributed by atoms with Crippen molar-refractivity contribution in [3.8, 4) is 0 Å². The Bertz CT molecular complexity index is 1390. The summed E-state index contributed by atoms with van der Waals surface area (Å²) in [6.45, 7) is 0.809. The number of H-pyrrole nitrogens is 1. The molecule has 2 aliphatic rings. The van der Waals surface area contributed by atoms with Gasteiger partial charge in [-0.25, -0.2) is 9.97 Å². The molecule has 8 nitrogen and oxygen atoms in total. The molecule has 206 valence electrons. The molecule has 5 rings (SSSR count). The number of hydrogen-bond donors (Lipinski definition) is 2. The molecule has 2 atom stereocenters. The first-order chi connectivity index (χ1) is 18.4. The average molecular weight is 552 g/mol. The zero-order valence-corrected chi connectivity index (χ0v) is 20.2. The third-order valence-electron chi connectivity index (χ3n) is 6.86. The van der Waals surface area contributed by atoms with Gasteiger partial charge in [0.1, 0.15) is 5.56 Å². The molecule has 1 amide bonds. The number of nitrogens with one attached hydrogen (secondary N) is 2. The molecule has 1 aromatic carbocycles. The Hall–Kier alpha value is -4.10. The Morgan fingerprint density at radius 1 is 0.974 bits per heavy atom. The van der Waals surface area contributed by atoms with Gasteiger partial charge in [0.05, 0.1) is 17.6 Å². The van der Waals surface area contributed by atoms with Crippen molar-refractivity contribution >= 4 is 17.5 Å². The van der Waals surface area contributed by atoms with Crippen LogP contribution in [0.4, 0.5) is 38.0 Å². The summed E-state index contributed by atoms with van der Waals surface area (Å²) in [6, 6.07) is 6.99. The van der Waals surface area contributed by atoms with Gasteiger partial charge in [-0.2, -0.15) is 26.3 Å². The van der Waals surface area contributed by atoms with E-state index >= 15 is 0 Å². The molecule has 0 spiro atoms. The van der Waals surface area contributed by atoms with Gasteiger partial charge >= 0.3 is 12.4 Å². The van der Waals surface area contributed by atoms with Gasteiger partial charge in [-0.15, -0.1) is 0 Å². The van der Waals surface area contributed by atoms with Gasteiger partial charge in [-0.1, -0.05) is 0 Å². The predicted molar refractivity (Wildman–Crippen MR) is 128 cm³/mol. The van der Waals surface area contributed by atoms with Gasteiger partial charge < -0.3 is 20.1 Å². The summed E-state index contributed by atoms with van der Waals surface area (Å²) in [6.07, 6.45) is -5.09. The van der Waals surface area contributed by atoms with Crippen molar-refractivity contribution in [3.05, 3.63) is 81.5 Å². The first kappa shape index (κ1) is 26.5. The maximum Gasteiger partial charge on any atom is 0.421 e. The largest absolute Gasteiger partial charge is 0.421 e. The van der Waals surface area contributed by atoms with E-state index in [1.165, 1.54) is 6.20 Å². The highest BCUT2D eigenvalue weighted by Crippen LogP contribution is 2.34. The van der Waals surface area contributed by atoms with E-state index < -0.39 is 29.0 Å². The van der Waals surface area contributed by atoms with Crippen molar-refractivity contribution in [1.82, 2.24) is 19.9 Å². The quantitative estimate of drug-likeness (QED) is 0.459. The topological polar surface area (TPSA) is 94.2 Å². The van der Waals surface area contributed by atoms with Crippen molar-refractivity contribution in [2.45, 2.75) is 43.8 Å². The molecule has 2 unspecified atom stereocenters. The summed E-state index contributed by atoms with van der Waals surface area (Å²) in [5, 5.41) is 2.97. The Balaban J connectivity index is 1.21. The number of alkyl halides is 6. The minimum Gasteiger partial charge on any atom is -0.381 e. The molecule has 2 fully saturated rings. The van der Waals surface area contributed by atoms with Crippen molar-refractivity contribution in [3.63, 3.8) is 0 Å². The monoisotopic (exact) mass is 552 g/mol. The highest BCUT2D eigenvalue weighted by Gasteiger charge is 2.43. The number of piperazine rings is 1. The van der Waals surface area contributed by atoms with Crippen LogP contribution in [0.5, 0.6) is 0 Å². The van der Waals surface area contributed by atoms with Gasteiger partial charge in [0.25, 0.3) is 11.5 Å². The van der Waals surface area contributed by atoms with Crippen LogP contribution < -0.4 is 15.8 Å².